The van der Waals surface area contributed by atoms with E-state index in [-0.39, 0.29) is 32.1 Å². The minimum atomic E-state index is -3.69. The summed E-state index contributed by atoms with van der Waals surface area (Å²) >= 11 is 0. The Morgan fingerprint density at radius 3 is 1.32 bits per heavy atom. The van der Waals surface area contributed by atoms with Crippen LogP contribution >= 0.6 is 7.82 Å². The quantitative estimate of drug-likeness (QED) is 0.589. The van der Waals surface area contributed by atoms with Crippen molar-refractivity contribution in [1.82, 2.24) is 0 Å². The second-order valence-corrected chi connectivity index (χ2v) is 16.8. The van der Waals surface area contributed by atoms with E-state index < -0.39 is 24.3 Å². The van der Waals surface area contributed by atoms with Crippen LogP contribution in [-0.4, -0.2) is 34.6 Å². The van der Waals surface area contributed by atoms with Gasteiger partial charge in [0.1, 0.15) is 0 Å². The number of hydrogen-bond acceptors (Lipinski definition) is 3. The van der Waals surface area contributed by atoms with Crippen LogP contribution in [0.4, 0.5) is 0 Å². The Bertz CT molecular complexity index is 247. The summed E-state index contributed by atoms with van der Waals surface area (Å²) < 4.78 is 24.1. The Morgan fingerprint density at radius 2 is 1.21 bits per heavy atom. The molecule has 5 nitrogen and oxygen atoms in total. The van der Waals surface area contributed by atoms with Gasteiger partial charge in [0, 0.05) is 0 Å². The topological polar surface area (TPSA) is 69.9 Å². The molecule has 0 saturated heterocycles. The zero-order valence-electron chi connectivity index (χ0n) is 14.0. The van der Waals surface area contributed by atoms with Gasteiger partial charge in [-0.3, -0.25) is 9.05 Å². The summed E-state index contributed by atoms with van der Waals surface area (Å²) in [5, 5.41) is 0. The van der Waals surface area contributed by atoms with E-state index in [1.165, 1.54) is 0 Å². The first kappa shape index (κ1) is 25.1. The molecule has 112 valence electrons. The van der Waals surface area contributed by atoms with Crippen molar-refractivity contribution in [3.63, 3.8) is 0 Å². The molecule has 0 unspecified atom stereocenters. The van der Waals surface area contributed by atoms with Crippen LogP contribution in [0.2, 0.25) is 39.3 Å². The van der Waals surface area contributed by atoms with Crippen LogP contribution in [0, 0.1) is 0 Å². The van der Waals surface area contributed by atoms with E-state index in [2.05, 4.69) is 48.3 Å². The molecular weight excluding hydrogens is 292 g/mol. The predicted molar refractivity (Wildman–Crippen MR) is 83.1 cm³/mol. The van der Waals surface area contributed by atoms with Gasteiger partial charge in [-0.1, -0.05) is 55.8 Å². The summed E-state index contributed by atoms with van der Waals surface area (Å²) in [6.07, 6.45) is 0. The van der Waals surface area contributed by atoms with Crippen molar-refractivity contribution in [2.75, 3.05) is 13.2 Å². The van der Waals surface area contributed by atoms with Gasteiger partial charge >= 0.3 is 26.7 Å². The monoisotopic (exact) mass is 321 g/mol. The van der Waals surface area contributed by atoms with E-state index in [4.69, 9.17) is 9.54 Å². The van der Waals surface area contributed by atoms with Gasteiger partial charge in [0.15, 0.2) is 0 Å². The summed E-state index contributed by atoms with van der Waals surface area (Å²) in [5.41, 5.74) is 0. The van der Waals surface area contributed by atoms with Crippen molar-refractivity contribution in [3.05, 3.63) is 4.65 Å². The number of rotatable bonds is 6. The third-order valence-electron chi connectivity index (χ3n) is 1.26. The maximum absolute atomic E-state index is 10.5. The maximum atomic E-state index is 10.5. The predicted octanol–water partition coefficient (Wildman–Crippen LogP) is 1.19. The smallest absolute Gasteiger partial charge is 0.668 e. The van der Waals surface area contributed by atoms with E-state index in [0.29, 0.717) is 0 Å². The first-order valence-corrected chi connectivity index (χ1v) is 14.6. The van der Waals surface area contributed by atoms with Gasteiger partial charge < -0.3 is 9.54 Å². The van der Waals surface area contributed by atoms with Crippen molar-refractivity contribution in [2.45, 2.75) is 53.1 Å². The molecule has 0 amide bonds. The maximum Gasteiger partial charge on any atom is 1.00 e. The molecule has 0 fully saturated rings. The van der Waals surface area contributed by atoms with E-state index >= 15 is 0 Å². The minimum Gasteiger partial charge on any atom is -0.668 e. The van der Waals surface area contributed by atoms with Crippen molar-refractivity contribution < 1.29 is 37.4 Å². The molecule has 0 aromatic heterocycles. The zero-order valence-corrected chi connectivity index (χ0v) is 16.9. The van der Waals surface area contributed by atoms with Gasteiger partial charge in [-0.2, -0.15) is 0 Å². The van der Waals surface area contributed by atoms with Crippen LogP contribution in [-0.2, 0) is 13.6 Å². The number of nitrogens with zero attached hydrogens (tertiary/aromatic N) is 1. The fraction of sp³-hybridized carbons (Fsp3) is 1.00. The average Bonchev–Trinajstić information content (AvgIpc) is 1.96. The van der Waals surface area contributed by atoms with Gasteiger partial charge in [0.25, 0.3) is 0 Å². The minimum absolute atomic E-state index is 0. The Balaban J connectivity index is -0.000000256. The fourth-order valence-corrected chi connectivity index (χ4v) is 10.1. The van der Waals surface area contributed by atoms with Gasteiger partial charge in [0.2, 0.25) is 0 Å². The van der Waals surface area contributed by atoms with E-state index in [9.17, 15) is 4.57 Å². The number of phosphoric ester groups is 1. The molecule has 0 saturated carbocycles. The second-order valence-electron chi connectivity index (χ2n) is 5.76. The van der Waals surface area contributed by atoms with Crippen LogP contribution in [0.5, 0.6) is 0 Å². The Kier molecular flexibility index (Phi) is 14.2. The van der Waals surface area contributed by atoms with Crippen LogP contribution in [0.3, 0.4) is 0 Å². The summed E-state index contributed by atoms with van der Waals surface area (Å²) in [4.78, 5) is 8.63. The molecule has 9 heteroatoms. The zero-order chi connectivity index (χ0) is 15.0. The molecule has 0 heterocycles. The van der Waals surface area contributed by atoms with Crippen molar-refractivity contribution >= 4 is 24.3 Å². The van der Waals surface area contributed by atoms with E-state index in [1.807, 2.05) is 0 Å². The van der Waals surface area contributed by atoms with Crippen LogP contribution < -0.4 is 18.9 Å². The third kappa shape index (κ3) is 24.5. The molecule has 0 aliphatic heterocycles. The third-order valence-corrected chi connectivity index (χ3v) is 7.79. The Hall–Kier alpha value is 1.10. The van der Waals surface area contributed by atoms with E-state index in [1.54, 1.807) is 13.8 Å². The largest absolute Gasteiger partial charge is 1.00 e. The molecule has 0 bridgehead atoms. The molecule has 0 aliphatic carbocycles. The number of phosphoric acid groups is 1. The van der Waals surface area contributed by atoms with Crippen molar-refractivity contribution in [1.29, 1.82) is 0 Å². The van der Waals surface area contributed by atoms with Crippen LogP contribution in [0.1, 0.15) is 13.8 Å². The van der Waals surface area contributed by atoms with Gasteiger partial charge in [-0.05, 0) is 13.8 Å². The molecule has 0 radical (unpaired) electrons. The molecular formula is C10H29LiNO4PSi2. The van der Waals surface area contributed by atoms with Crippen molar-refractivity contribution in [2.24, 2.45) is 0 Å². The molecule has 0 rings (SSSR count). The summed E-state index contributed by atoms with van der Waals surface area (Å²) in [6, 6.07) is 0. The van der Waals surface area contributed by atoms with Crippen molar-refractivity contribution in [3.8, 4) is 0 Å². The summed E-state index contributed by atoms with van der Waals surface area (Å²) in [6.45, 7) is 17.4. The summed E-state index contributed by atoms with van der Waals surface area (Å²) in [7, 11) is -5.90. The van der Waals surface area contributed by atoms with Crippen LogP contribution in [0.15, 0.2) is 0 Å². The normalized spacial score (nSPS) is 12.3. The number of hydrogen-bond donors (Lipinski definition) is 1. The first-order chi connectivity index (χ1) is 7.83. The average molecular weight is 321 g/mol. The fourth-order valence-electron chi connectivity index (χ4n) is 1.37. The Labute approximate surface area is 132 Å². The molecule has 0 atom stereocenters. The van der Waals surface area contributed by atoms with Gasteiger partial charge in [-0.15, -0.1) is 0 Å². The standard InChI is InChI=1S/C6H18NSi2.C4H11O4P.Li/c1-8(2,3)7-9(4,5)6;1-3-7-9(5,6)8-4-2;/h1-6H3;3-4H2,1-2H3,(H,5,6);/q-1;;+1. The summed E-state index contributed by atoms with van der Waals surface area (Å²) in [5.74, 6) is 0. The van der Waals surface area contributed by atoms with Gasteiger partial charge in [-0.25, -0.2) is 4.57 Å². The van der Waals surface area contributed by atoms with Gasteiger partial charge in [0.05, 0.1) is 13.2 Å². The SMILES string of the molecule is CCOP(=O)(O)OCC.C[Si](C)(C)[N-][Si](C)(C)C.[Li+]. The molecule has 19 heavy (non-hydrogen) atoms. The second kappa shape index (κ2) is 10.8. The first-order valence-electron chi connectivity index (χ1n) is 6.19. The molecule has 1 N–H and O–H groups in total. The molecule has 0 spiro atoms. The Morgan fingerprint density at radius 1 is 0.947 bits per heavy atom. The van der Waals surface area contributed by atoms with Crippen LogP contribution in [0.25, 0.3) is 4.65 Å². The van der Waals surface area contributed by atoms with E-state index in [0.717, 1.165) is 0 Å². The molecule has 0 aliphatic rings. The molecule has 0 aromatic carbocycles. The molecule has 0 aromatic rings.